The van der Waals surface area contributed by atoms with E-state index >= 15 is 0 Å². The summed E-state index contributed by atoms with van der Waals surface area (Å²) in [6, 6.07) is 18.0. The second-order valence-electron chi connectivity index (χ2n) is 8.12. The lowest BCUT2D eigenvalue weighted by Crippen LogP contribution is -2.18. The van der Waals surface area contributed by atoms with E-state index in [0.717, 1.165) is 38.4 Å². The van der Waals surface area contributed by atoms with E-state index in [1.807, 2.05) is 74.2 Å². The number of rotatable bonds is 4. The van der Waals surface area contributed by atoms with Gasteiger partial charge < -0.3 is 14.2 Å². The zero-order chi connectivity index (χ0) is 23.9. The number of aryl methyl sites for hydroxylation is 2. The molecule has 1 aliphatic heterocycles. The molecule has 1 aliphatic rings. The number of esters is 1. The first-order valence-electron chi connectivity index (χ1n) is 10.6. The summed E-state index contributed by atoms with van der Waals surface area (Å²) in [7, 11) is 1.29. The molecule has 0 unspecified atom stereocenters. The summed E-state index contributed by atoms with van der Waals surface area (Å²) >= 11 is 3.54. The maximum absolute atomic E-state index is 13.4. The number of hydrogen-bond acceptors (Lipinski definition) is 4. The molecule has 5 nitrogen and oxygen atoms in total. The predicted octanol–water partition coefficient (Wildman–Crippen LogP) is 6.04. The molecule has 33 heavy (non-hydrogen) atoms. The Morgan fingerprint density at radius 1 is 0.970 bits per heavy atom. The average molecular weight is 505 g/mol. The van der Waals surface area contributed by atoms with E-state index in [2.05, 4.69) is 32.6 Å². The molecule has 2 heterocycles. The topological polar surface area (TPSA) is 51.5 Å². The molecule has 0 bridgehead atoms. The van der Waals surface area contributed by atoms with Gasteiger partial charge in [-0.3, -0.25) is 4.79 Å². The largest absolute Gasteiger partial charge is 0.465 e. The summed E-state index contributed by atoms with van der Waals surface area (Å²) in [6.45, 7) is 7.84. The zero-order valence-electron chi connectivity index (χ0n) is 19.3. The fourth-order valence-corrected chi connectivity index (χ4v) is 4.67. The highest BCUT2D eigenvalue weighted by atomic mass is 79.9. The second kappa shape index (κ2) is 8.87. The van der Waals surface area contributed by atoms with Crippen LogP contribution in [0, 0.1) is 20.8 Å². The Morgan fingerprint density at radius 2 is 1.67 bits per heavy atom. The highest BCUT2D eigenvalue weighted by Gasteiger charge is 2.38. The summed E-state index contributed by atoms with van der Waals surface area (Å²) in [6.07, 6.45) is 1.86. The Balaban J connectivity index is 1.87. The normalized spacial score (nSPS) is 15.0. The van der Waals surface area contributed by atoms with Crippen molar-refractivity contribution in [1.29, 1.82) is 0 Å². The monoisotopic (exact) mass is 504 g/mol. The smallest absolute Gasteiger partial charge is 0.343 e. The SMILES string of the molecule is COC(=O)C1=C(C)N(c2ccc(C)cc2)C(=Cc2cc(C)n(-c3cccc(Br)c3)c2C)C1=O. The van der Waals surface area contributed by atoms with Crippen LogP contribution in [0.4, 0.5) is 5.69 Å². The first-order valence-corrected chi connectivity index (χ1v) is 11.4. The van der Waals surface area contributed by atoms with E-state index < -0.39 is 5.97 Å². The Kier molecular flexibility index (Phi) is 6.13. The Morgan fingerprint density at radius 3 is 2.30 bits per heavy atom. The molecule has 2 aromatic carbocycles. The third-order valence-electron chi connectivity index (χ3n) is 5.91. The van der Waals surface area contributed by atoms with E-state index in [9.17, 15) is 9.59 Å². The number of carbonyl (C=O) groups is 2. The van der Waals surface area contributed by atoms with Crippen LogP contribution in [0.15, 0.2) is 76.0 Å². The first-order chi connectivity index (χ1) is 15.7. The highest BCUT2D eigenvalue weighted by Crippen LogP contribution is 2.36. The van der Waals surface area contributed by atoms with Crippen molar-refractivity contribution in [3.05, 3.63) is 98.6 Å². The molecule has 6 heteroatoms. The molecule has 0 saturated carbocycles. The Bertz CT molecular complexity index is 1330. The molecule has 0 atom stereocenters. The second-order valence-corrected chi connectivity index (χ2v) is 9.04. The van der Waals surface area contributed by atoms with Gasteiger partial charge in [-0.2, -0.15) is 0 Å². The Hall–Kier alpha value is -3.38. The van der Waals surface area contributed by atoms with E-state index in [4.69, 9.17) is 4.74 Å². The number of anilines is 1. The fourth-order valence-electron chi connectivity index (χ4n) is 4.28. The number of nitrogens with zero attached hydrogens (tertiary/aromatic N) is 2. The van der Waals surface area contributed by atoms with Gasteiger partial charge in [0.25, 0.3) is 0 Å². The summed E-state index contributed by atoms with van der Waals surface area (Å²) < 4.78 is 8.05. The number of halogens is 1. The molecule has 0 saturated heterocycles. The van der Waals surface area contributed by atoms with Gasteiger partial charge in [-0.05, 0) is 75.7 Å². The fraction of sp³-hybridized carbons (Fsp3) is 0.185. The molecule has 0 aliphatic carbocycles. The van der Waals surface area contributed by atoms with Crippen LogP contribution < -0.4 is 4.90 Å². The number of Topliss-reactive ketones (excluding diaryl/α,β-unsaturated/α-hetero) is 1. The first kappa shape index (κ1) is 22.8. The summed E-state index contributed by atoms with van der Waals surface area (Å²) in [5, 5.41) is 0. The van der Waals surface area contributed by atoms with Crippen molar-refractivity contribution in [1.82, 2.24) is 4.57 Å². The van der Waals surface area contributed by atoms with Crippen LogP contribution >= 0.6 is 15.9 Å². The number of allylic oxidation sites excluding steroid dienone is 2. The van der Waals surface area contributed by atoms with Crippen LogP contribution in [0.5, 0.6) is 0 Å². The lowest BCUT2D eigenvalue weighted by Gasteiger charge is -2.21. The Labute approximate surface area is 202 Å². The van der Waals surface area contributed by atoms with Gasteiger partial charge in [-0.25, -0.2) is 4.79 Å². The number of carbonyl (C=O) groups excluding carboxylic acids is 2. The number of hydrogen-bond donors (Lipinski definition) is 0. The quantitative estimate of drug-likeness (QED) is 0.246. The minimum absolute atomic E-state index is 0.0603. The van der Waals surface area contributed by atoms with Gasteiger partial charge in [0, 0.05) is 32.9 Å². The zero-order valence-corrected chi connectivity index (χ0v) is 20.9. The van der Waals surface area contributed by atoms with Crippen LogP contribution in [-0.2, 0) is 14.3 Å². The molecule has 0 N–H and O–H groups in total. The van der Waals surface area contributed by atoms with Crippen molar-refractivity contribution in [2.45, 2.75) is 27.7 Å². The molecular formula is C27H25BrN2O3. The average Bonchev–Trinajstić information content (AvgIpc) is 3.20. The lowest BCUT2D eigenvalue weighted by atomic mass is 10.1. The molecular weight excluding hydrogens is 480 g/mol. The van der Waals surface area contributed by atoms with Crippen molar-refractivity contribution in [2.75, 3.05) is 12.0 Å². The van der Waals surface area contributed by atoms with Gasteiger partial charge in [-0.1, -0.05) is 39.7 Å². The standard InChI is InChI=1S/C27H25BrN2O3/c1-16-9-11-22(12-10-16)30-19(4)25(27(32)33-5)26(31)24(30)14-20-13-17(2)29(18(20)3)23-8-6-7-21(28)15-23/h6-15H,1-5H3. The van der Waals surface area contributed by atoms with Crippen LogP contribution in [0.25, 0.3) is 11.8 Å². The molecule has 4 rings (SSSR count). The molecule has 1 aromatic heterocycles. The molecule has 168 valence electrons. The van der Waals surface area contributed by atoms with Gasteiger partial charge in [0.2, 0.25) is 5.78 Å². The number of ketones is 1. The van der Waals surface area contributed by atoms with E-state index in [1.54, 1.807) is 6.92 Å². The van der Waals surface area contributed by atoms with Crippen molar-refractivity contribution in [3.63, 3.8) is 0 Å². The van der Waals surface area contributed by atoms with Crippen molar-refractivity contribution < 1.29 is 14.3 Å². The van der Waals surface area contributed by atoms with Crippen molar-refractivity contribution >= 4 is 39.4 Å². The summed E-state index contributed by atoms with van der Waals surface area (Å²) in [5.41, 5.74) is 6.95. The predicted molar refractivity (Wildman–Crippen MR) is 134 cm³/mol. The molecule has 3 aromatic rings. The van der Waals surface area contributed by atoms with E-state index in [0.29, 0.717) is 11.4 Å². The summed E-state index contributed by atoms with van der Waals surface area (Å²) in [4.78, 5) is 27.7. The number of benzene rings is 2. The van der Waals surface area contributed by atoms with Crippen molar-refractivity contribution in [3.8, 4) is 5.69 Å². The number of aromatic nitrogens is 1. The van der Waals surface area contributed by atoms with Gasteiger partial charge >= 0.3 is 5.97 Å². The lowest BCUT2D eigenvalue weighted by molar-refractivity contribution is -0.137. The third-order valence-corrected chi connectivity index (χ3v) is 6.40. The molecule has 0 spiro atoms. The highest BCUT2D eigenvalue weighted by molar-refractivity contribution is 9.10. The summed E-state index contributed by atoms with van der Waals surface area (Å²) in [5.74, 6) is -0.968. The van der Waals surface area contributed by atoms with Crippen LogP contribution in [0.1, 0.15) is 29.4 Å². The third kappa shape index (κ3) is 4.07. The number of ether oxygens (including phenoxy) is 1. The van der Waals surface area contributed by atoms with Crippen LogP contribution in [0.2, 0.25) is 0 Å². The molecule has 0 amide bonds. The van der Waals surface area contributed by atoms with Gasteiger partial charge in [0.1, 0.15) is 5.57 Å². The van der Waals surface area contributed by atoms with E-state index in [1.165, 1.54) is 7.11 Å². The van der Waals surface area contributed by atoms with Crippen LogP contribution in [0.3, 0.4) is 0 Å². The van der Waals surface area contributed by atoms with Crippen LogP contribution in [-0.4, -0.2) is 23.4 Å². The maximum Gasteiger partial charge on any atom is 0.343 e. The van der Waals surface area contributed by atoms with E-state index in [-0.39, 0.29) is 11.4 Å². The van der Waals surface area contributed by atoms with Gasteiger partial charge in [-0.15, -0.1) is 0 Å². The van der Waals surface area contributed by atoms with Gasteiger partial charge in [0.05, 0.1) is 12.8 Å². The molecule has 0 radical (unpaired) electrons. The minimum Gasteiger partial charge on any atom is -0.465 e. The minimum atomic E-state index is -0.627. The maximum atomic E-state index is 13.4. The molecule has 0 fully saturated rings. The van der Waals surface area contributed by atoms with Crippen molar-refractivity contribution in [2.24, 2.45) is 0 Å². The number of methoxy groups -OCH3 is 1. The van der Waals surface area contributed by atoms with Gasteiger partial charge in [0.15, 0.2) is 0 Å².